The van der Waals surface area contributed by atoms with Crippen LogP contribution < -0.4 is 4.90 Å². The lowest BCUT2D eigenvalue weighted by Crippen LogP contribution is -2.50. The summed E-state index contributed by atoms with van der Waals surface area (Å²) in [5.41, 5.74) is 2.37. The Labute approximate surface area is 205 Å². The van der Waals surface area contributed by atoms with Crippen molar-refractivity contribution in [1.29, 1.82) is 0 Å². The SMILES string of the molecule is CN(C(=O)OC(C)(C)C)[C@@H]1CCCN(c2nc3ccccc3n2Cc2cc(Cl)ccc2Cl)C1. The predicted molar refractivity (Wildman–Crippen MR) is 135 cm³/mol. The van der Waals surface area contributed by atoms with Gasteiger partial charge in [0, 0.05) is 30.2 Å². The largest absolute Gasteiger partial charge is 0.444 e. The number of anilines is 1. The van der Waals surface area contributed by atoms with Crippen LogP contribution in [0.15, 0.2) is 42.5 Å². The number of hydrogen-bond donors (Lipinski definition) is 0. The third-order valence-electron chi connectivity index (χ3n) is 5.88. The summed E-state index contributed by atoms with van der Waals surface area (Å²) in [4.78, 5) is 21.6. The fourth-order valence-electron chi connectivity index (χ4n) is 4.23. The molecule has 0 spiro atoms. The average Bonchev–Trinajstić information content (AvgIpc) is 3.13. The Morgan fingerprint density at radius 2 is 1.97 bits per heavy atom. The Balaban J connectivity index is 1.64. The van der Waals surface area contributed by atoms with Crippen molar-refractivity contribution in [3.05, 3.63) is 58.1 Å². The van der Waals surface area contributed by atoms with E-state index in [0.29, 0.717) is 23.1 Å². The first-order valence-corrected chi connectivity index (χ1v) is 12.0. The van der Waals surface area contributed by atoms with Gasteiger partial charge >= 0.3 is 6.09 Å². The molecular weight excluding hydrogens is 459 g/mol. The minimum atomic E-state index is -0.524. The normalized spacial score (nSPS) is 16.8. The van der Waals surface area contributed by atoms with Crippen LogP contribution in [0.1, 0.15) is 39.2 Å². The molecule has 1 atom stereocenters. The van der Waals surface area contributed by atoms with Gasteiger partial charge in [-0.25, -0.2) is 9.78 Å². The zero-order chi connectivity index (χ0) is 23.8. The minimum Gasteiger partial charge on any atom is -0.444 e. The number of rotatable bonds is 4. The smallest absolute Gasteiger partial charge is 0.410 e. The Morgan fingerprint density at radius 3 is 2.73 bits per heavy atom. The number of piperidine rings is 1. The maximum absolute atomic E-state index is 12.7. The number of aromatic nitrogens is 2. The molecule has 0 bridgehead atoms. The van der Waals surface area contributed by atoms with E-state index < -0.39 is 5.60 Å². The number of nitrogens with zero attached hydrogens (tertiary/aromatic N) is 4. The minimum absolute atomic E-state index is 0.0385. The molecule has 6 nitrogen and oxygen atoms in total. The van der Waals surface area contributed by atoms with Crippen LogP contribution in [0.3, 0.4) is 0 Å². The van der Waals surface area contributed by atoms with Gasteiger partial charge < -0.3 is 19.1 Å². The van der Waals surface area contributed by atoms with Gasteiger partial charge in [0.05, 0.1) is 23.6 Å². The van der Waals surface area contributed by atoms with Crippen molar-refractivity contribution >= 4 is 46.3 Å². The van der Waals surface area contributed by atoms with Gasteiger partial charge in [0.1, 0.15) is 5.60 Å². The molecule has 1 aliphatic rings. The molecule has 3 aromatic rings. The van der Waals surface area contributed by atoms with Crippen molar-refractivity contribution < 1.29 is 9.53 Å². The van der Waals surface area contributed by atoms with Gasteiger partial charge in [-0.15, -0.1) is 0 Å². The number of para-hydroxylation sites is 2. The number of benzene rings is 2. The molecule has 1 aromatic heterocycles. The first kappa shape index (κ1) is 23.7. The fourth-order valence-corrected chi connectivity index (χ4v) is 4.60. The van der Waals surface area contributed by atoms with E-state index in [2.05, 4.69) is 15.5 Å². The number of amides is 1. The quantitative estimate of drug-likeness (QED) is 0.436. The van der Waals surface area contributed by atoms with E-state index in [9.17, 15) is 4.79 Å². The second kappa shape index (κ2) is 9.43. The van der Waals surface area contributed by atoms with Crippen LogP contribution in [0, 0.1) is 0 Å². The van der Waals surface area contributed by atoms with Crippen molar-refractivity contribution in [2.45, 2.75) is 51.8 Å². The average molecular weight is 489 g/mol. The van der Waals surface area contributed by atoms with Gasteiger partial charge in [-0.3, -0.25) is 0 Å². The summed E-state index contributed by atoms with van der Waals surface area (Å²) in [5, 5.41) is 1.32. The Kier molecular flexibility index (Phi) is 6.78. The second-order valence-corrected chi connectivity index (χ2v) is 10.4. The summed E-state index contributed by atoms with van der Waals surface area (Å²) in [6.45, 7) is 7.76. The number of ether oxygens (including phenoxy) is 1. The molecule has 2 aromatic carbocycles. The van der Waals surface area contributed by atoms with Crippen LogP contribution in [-0.4, -0.2) is 52.3 Å². The van der Waals surface area contributed by atoms with Gasteiger partial charge in [-0.05, 0) is 69.5 Å². The van der Waals surface area contributed by atoms with E-state index in [1.807, 2.05) is 58.2 Å². The number of fused-ring (bicyclic) bond motifs is 1. The summed E-state index contributed by atoms with van der Waals surface area (Å²) >= 11 is 12.7. The zero-order valence-electron chi connectivity index (χ0n) is 19.5. The lowest BCUT2D eigenvalue weighted by Gasteiger charge is -2.38. The third-order valence-corrected chi connectivity index (χ3v) is 6.48. The van der Waals surface area contributed by atoms with Crippen molar-refractivity contribution in [3.63, 3.8) is 0 Å². The molecule has 8 heteroatoms. The van der Waals surface area contributed by atoms with Crippen molar-refractivity contribution in [2.75, 3.05) is 25.0 Å². The van der Waals surface area contributed by atoms with Gasteiger partial charge in [0.2, 0.25) is 5.95 Å². The number of imidazole rings is 1. The van der Waals surface area contributed by atoms with E-state index >= 15 is 0 Å². The van der Waals surface area contributed by atoms with Gasteiger partial charge in [0.15, 0.2) is 0 Å². The van der Waals surface area contributed by atoms with Gasteiger partial charge in [-0.2, -0.15) is 0 Å². The van der Waals surface area contributed by atoms with E-state index in [1.54, 1.807) is 11.0 Å². The highest BCUT2D eigenvalue weighted by molar-refractivity contribution is 6.33. The number of halogens is 2. The molecule has 176 valence electrons. The molecule has 0 saturated carbocycles. The topological polar surface area (TPSA) is 50.6 Å². The third kappa shape index (κ3) is 5.39. The van der Waals surface area contributed by atoms with Gasteiger partial charge in [0.25, 0.3) is 0 Å². The van der Waals surface area contributed by atoms with Crippen LogP contribution in [0.2, 0.25) is 10.0 Å². The van der Waals surface area contributed by atoms with Crippen LogP contribution in [0.25, 0.3) is 11.0 Å². The fraction of sp³-hybridized carbons (Fsp3) is 0.440. The van der Waals surface area contributed by atoms with Crippen molar-refractivity contribution in [2.24, 2.45) is 0 Å². The van der Waals surface area contributed by atoms with Crippen LogP contribution >= 0.6 is 23.2 Å². The molecule has 0 radical (unpaired) electrons. The Bertz CT molecular complexity index is 1160. The van der Waals surface area contributed by atoms with E-state index in [4.69, 9.17) is 32.9 Å². The Morgan fingerprint density at radius 1 is 1.21 bits per heavy atom. The van der Waals surface area contributed by atoms with Crippen molar-refractivity contribution in [3.8, 4) is 0 Å². The number of carbonyl (C=O) groups is 1. The summed E-state index contributed by atoms with van der Waals surface area (Å²) in [6.07, 6.45) is 1.58. The van der Waals surface area contributed by atoms with E-state index in [-0.39, 0.29) is 12.1 Å². The van der Waals surface area contributed by atoms with Crippen LogP contribution in [0.4, 0.5) is 10.7 Å². The number of carbonyl (C=O) groups excluding carboxylic acids is 1. The van der Waals surface area contributed by atoms with Crippen LogP contribution in [0.5, 0.6) is 0 Å². The summed E-state index contributed by atoms with van der Waals surface area (Å²) in [6, 6.07) is 13.6. The van der Waals surface area contributed by atoms with Crippen LogP contribution in [-0.2, 0) is 11.3 Å². The Hall–Kier alpha value is -2.44. The molecule has 0 N–H and O–H groups in total. The number of likely N-dealkylation sites (N-methyl/N-ethyl adjacent to an activating group) is 1. The van der Waals surface area contributed by atoms with E-state index in [0.717, 1.165) is 41.9 Å². The first-order chi connectivity index (χ1) is 15.6. The maximum atomic E-state index is 12.7. The summed E-state index contributed by atoms with van der Waals surface area (Å²) in [5.74, 6) is 0.870. The number of hydrogen-bond acceptors (Lipinski definition) is 4. The van der Waals surface area contributed by atoms with Crippen molar-refractivity contribution in [1.82, 2.24) is 14.5 Å². The molecule has 1 amide bonds. The molecule has 0 unspecified atom stereocenters. The molecule has 1 fully saturated rings. The predicted octanol–water partition coefficient (Wildman–Crippen LogP) is 6.23. The van der Waals surface area contributed by atoms with E-state index in [1.165, 1.54) is 0 Å². The highest BCUT2D eigenvalue weighted by atomic mass is 35.5. The highest BCUT2D eigenvalue weighted by Gasteiger charge is 2.31. The zero-order valence-corrected chi connectivity index (χ0v) is 21.0. The highest BCUT2D eigenvalue weighted by Crippen LogP contribution is 2.30. The standard InChI is InChI=1S/C25H30Cl2N4O2/c1-25(2,3)33-24(32)29(4)19-8-7-13-30(16-19)23-28-21-9-5-6-10-22(21)31(23)15-17-14-18(26)11-12-20(17)27/h5-6,9-12,14,19H,7-8,13,15-16H2,1-4H3/t19-/m1/s1. The molecular formula is C25H30Cl2N4O2. The molecule has 33 heavy (non-hydrogen) atoms. The second-order valence-electron chi connectivity index (χ2n) is 9.56. The molecule has 1 aliphatic heterocycles. The summed E-state index contributed by atoms with van der Waals surface area (Å²) in [7, 11) is 1.82. The molecule has 4 rings (SSSR count). The van der Waals surface area contributed by atoms with Gasteiger partial charge in [-0.1, -0.05) is 35.3 Å². The monoisotopic (exact) mass is 488 g/mol. The summed E-state index contributed by atoms with van der Waals surface area (Å²) < 4.78 is 7.77. The lowest BCUT2D eigenvalue weighted by molar-refractivity contribution is 0.0209. The lowest BCUT2D eigenvalue weighted by atomic mass is 10.1. The first-order valence-electron chi connectivity index (χ1n) is 11.2. The maximum Gasteiger partial charge on any atom is 0.410 e. The molecule has 0 aliphatic carbocycles. The molecule has 1 saturated heterocycles. The molecule has 2 heterocycles.